The summed E-state index contributed by atoms with van der Waals surface area (Å²) in [4.78, 5) is 2.29. The molecule has 1 atom stereocenters. The molecule has 1 unspecified atom stereocenters. The summed E-state index contributed by atoms with van der Waals surface area (Å²) in [6.07, 6.45) is 2.80. The van der Waals surface area contributed by atoms with Crippen LogP contribution in [0.25, 0.3) is 0 Å². The van der Waals surface area contributed by atoms with Gasteiger partial charge in [-0.05, 0) is 12.8 Å². The van der Waals surface area contributed by atoms with Crippen LogP contribution in [0.5, 0.6) is 0 Å². The smallest absolute Gasteiger partial charge is 0.0702 e. The van der Waals surface area contributed by atoms with Gasteiger partial charge in [-0.2, -0.15) is 0 Å². The number of rotatable bonds is 6. The van der Waals surface area contributed by atoms with E-state index in [0.717, 1.165) is 26.2 Å². The van der Waals surface area contributed by atoms with Crippen molar-refractivity contribution in [2.24, 2.45) is 11.5 Å². The minimum Gasteiger partial charge on any atom is -0.377 e. The van der Waals surface area contributed by atoms with E-state index < -0.39 is 0 Å². The van der Waals surface area contributed by atoms with Crippen LogP contribution < -0.4 is 11.5 Å². The quantitative estimate of drug-likeness (QED) is 0.582. The monoisotopic (exact) mass is 187 g/mol. The van der Waals surface area contributed by atoms with Gasteiger partial charge in [-0.15, -0.1) is 0 Å². The number of hydrogen-bond donors (Lipinski definition) is 2. The Labute approximate surface area is 80.2 Å². The second-order valence-electron chi connectivity index (χ2n) is 3.51. The molecule has 4 heteroatoms. The summed E-state index contributed by atoms with van der Waals surface area (Å²) >= 11 is 0. The Balaban J connectivity index is 2.19. The van der Waals surface area contributed by atoms with Gasteiger partial charge in [-0.1, -0.05) is 0 Å². The van der Waals surface area contributed by atoms with Crippen molar-refractivity contribution in [3.05, 3.63) is 0 Å². The lowest BCUT2D eigenvalue weighted by Gasteiger charge is -2.23. The van der Waals surface area contributed by atoms with E-state index in [1.54, 1.807) is 0 Å². The highest BCUT2D eigenvalue weighted by atomic mass is 16.5. The standard InChI is InChI=1S/C9H21N3O/c10-3-5-12(6-4-11)8-9-2-1-7-13-9/h9H,1-8,10-11H2. The van der Waals surface area contributed by atoms with Crippen molar-refractivity contribution >= 4 is 0 Å². The van der Waals surface area contributed by atoms with E-state index in [1.807, 2.05) is 0 Å². The Hall–Kier alpha value is -0.160. The van der Waals surface area contributed by atoms with Crippen molar-refractivity contribution in [2.45, 2.75) is 18.9 Å². The molecule has 4 nitrogen and oxygen atoms in total. The second-order valence-corrected chi connectivity index (χ2v) is 3.51. The lowest BCUT2D eigenvalue weighted by molar-refractivity contribution is 0.0751. The second kappa shape index (κ2) is 6.32. The predicted molar refractivity (Wildman–Crippen MR) is 53.5 cm³/mol. The minimum atomic E-state index is 0.415. The summed E-state index contributed by atoms with van der Waals surface area (Å²) in [5.41, 5.74) is 11.0. The zero-order valence-corrected chi connectivity index (χ0v) is 8.24. The van der Waals surface area contributed by atoms with Gasteiger partial charge in [0.1, 0.15) is 0 Å². The van der Waals surface area contributed by atoms with Crippen molar-refractivity contribution in [3.63, 3.8) is 0 Å². The maximum absolute atomic E-state index is 5.55. The molecule has 13 heavy (non-hydrogen) atoms. The Morgan fingerprint density at radius 3 is 2.38 bits per heavy atom. The first kappa shape index (κ1) is 10.9. The van der Waals surface area contributed by atoms with Gasteiger partial charge in [0.2, 0.25) is 0 Å². The lowest BCUT2D eigenvalue weighted by Crippen LogP contribution is -2.39. The Bertz CT molecular complexity index is 120. The highest BCUT2D eigenvalue weighted by Crippen LogP contribution is 2.12. The molecule has 1 rings (SSSR count). The van der Waals surface area contributed by atoms with E-state index in [2.05, 4.69) is 4.90 Å². The van der Waals surface area contributed by atoms with Crippen LogP contribution >= 0.6 is 0 Å². The Morgan fingerprint density at radius 1 is 1.23 bits per heavy atom. The summed E-state index contributed by atoms with van der Waals surface area (Å²) < 4.78 is 5.55. The molecule has 0 bridgehead atoms. The van der Waals surface area contributed by atoms with Crippen LogP contribution in [0.3, 0.4) is 0 Å². The van der Waals surface area contributed by atoms with E-state index in [9.17, 15) is 0 Å². The van der Waals surface area contributed by atoms with Gasteiger partial charge in [0.25, 0.3) is 0 Å². The van der Waals surface area contributed by atoms with Crippen LogP contribution in [0.2, 0.25) is 0 Å². The molecule has 1 aliphatic rings. The highest BCUT2D eigenvalue weighted by Gasteiger charge is 2.18. The Kier molecular flexibility index (Phi) is 5.31. The summed E-state index contributed by atoms with van der Waals surface area (Å²) in [6, 6.07) is 0. The maximum atomic E-state index is 5.55. The zero-order valence-electron chi connectivity index (χ0n) is 8.24. The molecule has 1 fully saturated rings. The van der Waals surface area contributed by atoms with Crippen molar-refractivity contribution in [3.8, 4) is 0 Å². The van der Waals surface area contributed by atoms with E-state index in [4.69, 9.17) is 16.2 Å². The molecule has 1 saturated heterocycles. The number of hydrogen-bond acceptors (Lipinski definition) is 4. The fourth-order valence-electron chi connectivity index (χ4n) is 1.74. The van der Waals surface area contributed by atoms with Crippen LogP contribution in [0.4, 0.5) is 0 Å². The SMILES string of the molecule is NCCN(CCN)CC1CCCO1. The van der Waals surface area contributed by atoms with E-state index in [0.29, 0.717) is 19.2 Å². The molecule has 0 radical (unpaired) electrons. The van der Waals surface area contributed by atoms with Gasteiger partial charge in [-0.25, -0.2) is 0 Å². The van der Waals surface area contributed by atoms with Crippen LogP contribution in [-0.2, 0) is 4.74 Å². The summed E-state index contributed by atoms with van der Waals surface area (Å²) in [6.45, 7) is 5.17. The lowest BCUT2D eigenvalue weighted by atomic mass is 10.2. The summed E-state index contributed by atoms with van der Waals surface area (Å²) in [7, 11) is 0. The molecule has 0 amide bonds. The third-order valence-corrected chi connectivity index (χ3v) is 2.38. The van der Waals surface area contributed by atoms with Crippen molar-refractivity contribution in [1.82, 2.24) is 4.90 Å². The molecule has 0 saturated carbocycles. The molecule has 1 heterocycles. The van der Waals surface area contributed by atoms with Gasteiger partial charge in [0.05, 0.1) is 6.10 Å². The van der Waals surface area contributed by atoms with Gasteiger partial charge >= 0.3 is 0 Å². The van der Waals surface area contributed by atoms with E-state index >= 15 is 0 Å². The largest absolute Gasteiger partial charge is 0.377 e. The maximum Gasteiger partial charge on any atom is 0.0702 e. The third kappa shape index (κ3) is 4.04. The first-order valence-electron chi connectivity index (χ1n) is 5.11. The summed E-state index contributed by atoms with van der Waals surface area (Å²) in [5, 5.41) is 0. The molecule has 78 valence electrons. The third-order valence-electron chi connectivity index (χ3n) is 2.38. The van der Waals surface area contributed by atoms with Crippen LogP contribution in [0.1, 0.15) is 12.8 Å². The van der Waals surface area contributed by atoms with Crippen LogP contribution in [-0.4, -0.2) is 50.3 Å². The fraction of sp³-hybridized carbons (Fsp3) is 1.00. The Morgan fingerprint density at radius 2 is 1.92 bits per heavy atom. The van der Waals surface area contributed by atoms with Gasteiger partial charge in [0, 0.05) is 39.3 Å². The summed E-state index contributed by atoms with van der Waals surface area (Å²) in [5.74, 6) is 0. The number of nitrogens with zero attached hydrogens (tertiary/aromatic N) is 1. The van der Waals surface area contributed by atoms with Crippen molar-refractivity contribution in [2.75, 3.05) is 39.3 Å². The van der Waals surface area contributed by atoms with Gasteiger partial charge in [-0.3, -0.25) is 4.90 Å². The normalized spacial score (nSPS) is 22.8. The molecule has 0 spiro atoms. The molecule has 0 aromatic carbocycles. The number of nitrogens with two attached hydrogens (primary N) is 2. The molecule has 0 aromatic heterocycles. The fourth-order valence-corrected chi connectivity index (χ4v) is 1.74. The first-order valence-corrected chi connectivity index (χ1v) is 5.11. The van der Waals surface area contributed by atoms with Crippen molar-refractivity contribution in [1.29, 1.82) is 0 Å². The van der Waals surface area contributed by atoms with Crippen LogP contribution in [0, 0.1) is 0 Å². The van der Waals surface area contributed by atoms with Crippen molar-refractivity contribution < 1.29 is 4.74 Å². The van der Waals surface area contributed by atoms with Crippen LogP contribution in [0.15, 0.2) is 0 Å². The van der Waals surface area contributed by atoms with Gasteiger partial charge in [0.15, 0.2) is 0 Å². The molecule has 4 N–H and O–H groups in total. The minimum absolute atomic E-state index is 0.415. The molecule has 1 aliphatic heterocycles. The highest BCUT2D eigenvalue weighted by molar-refractivity contribution is 4.70. The molecule has 0 aliphatic carbocycles. The number of ether oxygens (including phenoxy) is 1. The molecular weight excluding hydrogens is 166 g/mol. The molecular formula is C9H21N3O. The molecule has 0 aromatic rings. The van der Waals surface area contributed by atoms with Gasteiger partial charge < -0.3 is 16.2 Å². The average Bonchev–Trinajstić information content (AvgIpc) is 2.58. The first-order chi connectivity index (χ1) is 6.36. The topological polar surface area (TPSA) is 64.5 Å². The van der Waals surface area contributed by atoms with E-state index in [-0.39, 0.29) is 0 Å². The zero-order chi connectivity index (χ0) is 9.52. The predicted octanol–water partition coefficient (Wildman–Crippen LogP) is -0.615. The average molecular weight is 187 g/mol. The van der Waals surface area contributed by atoms with E-state index in [1.165, 1.54) is 12.8 Å².